The van der Waals surface area contributed by atoms with E-state index in [4.69, 9.17) is 10.00 Å². The van der Waals surface area contributed by atoms with Crippen molar-refractivity contribution in [1.29, 1.82) is 5.26 Å². The van der Waals surface area contributed by atoms with Gasteiger partial charge in [-0.15, -0.1) is 0 Å². The fourth-order valence-corrected chi connectivity index (χ4v) is 3.98. The Morgan fingerprint density at radius 1 is 1.25 bits per heavy atom. The molecule has 32 heavy (non-hydrogen) atoms. The predicted octanol–water partition coefficient (Wildman–Crippen LogP) is 3.14. The minimum Gasteiger partial charge on any atom is -0.504 e. The highest BCUT2D eigenvalue weighted by Gasteiger charge is 2.36. The Bertz CT molecular complexity index is 1040. The largest absolute Gasteiger partial charge is 0.504 e. The molecule has 0 radical (unpaired) electrons. The van der Waals surface area contributed by atoms with Crippen molar-refractivity contribution >= 4 is 17.6 Å². The Morgan fingerprint density at radius 2 is 2.00 bits per heavy atom. The minimum atomic E-state index is -0.595. The first-order chi connectivity index (χ1) is 15.5. The van der Waals surface area contributed by atoms with Crippen molar-refractivity contribution in [3.05, 3.63) is 53.6 Å². The number of nitrogens with zero attached hydrogens (tertiary/aromatic N) is 3. The number of methoxy groups -OCH3 is 1. The number of amides is 3. The number of benzene rings is 2. The fraction of sp³-hybridized carbons (Fsp3) is 0.375. The third kappa shape index (κ3) is 4.62. The number of hydrogen-bond donors (Lipinski definition) is 2. The first-order valence-corrected chi connectivity index (χ1v) is 10.7. The smallest absolute Gasteiger partial charge is 0.318 e. The number of carbonyl (C=O) groups excluding carboxylic acids is 2. The number of aromatic hydroxyl groups is 1. The summed E-state index contributed by atoms with van der Waals surface area (Å²) in [4.78, 5) is 29.6. The molecule has 8 nitrogen and oxygen atoms in total. The second-order valence-corrected chi connectivity index (χ2v) is 8.16. The molecular formula is C24H26N4O4. The van der Waals surface area contributed by atoms with Crippen LogP contribution in [-0.4, -0.2) is 47.7 Å². The van der Waals surface area contributed by atoms with Crippen LogP contribution in [0.1, 0.15) is 36.8 Å². The maximum atomic E-state index is 13.1. The summed E-state index contributed by atoms with van der Waals surface area (Å²) in [6.07, 6.45) is 3.22. The standard InChI is InChI=1S/C24H26N4O4/c1-32-22-13-17(6-11-21(22)29)15-28(19-9-10-19)24(31)26-20-3-2-12-27(23(20)30)18-7-4-16(14-25)5-8-18/h4-8,11,13,19-20,29H,2-3,9-10,12,15H2,1H3,(H,26,31). The maximum absolute atomic E-state index is 13.1. The molecule has 3 amide bonds. The van der Waals surface area contributed by atoms with Gasteiger partial charge in [0.2, 0.25) is 5.91 Å². The summed E-state index contributed by atoms with van der Waals surface area (Å²) in [5, 5.41) is 21.7. The molecule has 2 aromatic carbocycles. The summed E-state index contributed by atoms with van der Waals surface area (Å²) in [5.41, 5.74) is 2.10. The van der Waals surface area contributed by atoms with Gasteiger partial charge in [0.1, 0.15) is 6.04 Å². The number of rotatable bonds is 6. The summed E-state index contributed by atoms with van der Waals surface area (Å²) in [7, 11) is 1.48. The quantitative estimate of drug-likeness (QED) is 0.727. The van der Waals surface area contributed by atoms with Crippen LogP contribution in [0.2, 0.25) is 0 Å². The Hall–Kier alpha value is -3.73. The average molecular weight is 434 g/mol. The van der Waals surface area contributed by atoms with Crippen LogP contribution in [0.5, 0.6) is 11.5 Å². The van der Waals surface area contributed by atoms with E-state index in [-0.39, 0.29) is 23.7 Å². The summed E-state index contributed by atoms with van der Waals surface area (Å²) in [6, 6.07) is 13.3. The molecule has 2 aliphatic rings. The zero-order chi connectivity index (χ0) is 22.7. The molecule has 8 heteroatoms. The lowest BCUT2D eigenvalue weighted by Crippen LogP contribution is -2.55. The number of urea groups is 1. The molecule has 0 aromatic heterocycles. The molecule has 2 aromatic rings. The van der Waals surface area contributed by atoms with Crippen LogP contribution in [-0.2, 0) is 11.3 Å². The lowest BCUT2D eigenvalue weighted by Gasteiger charge is -2.34. The molecule has 4 rings (SSSR count). The zero-order valence-electron chi connectivity index (χ0n) is 18.0. The van der Waals surface area contributed by atoms with Gasteiger partial charge in [0.05, 0.1) is 18.7 Å². The van der Waals surface area contributed by atoms with E-state index in [1.807, 2.05) is 0 Å². The van der Waals surface area contributed by atoms with Crippen LogP contribution >= 0.6 is 0 Å². The average Bonchev–Trinajstić information content (AvgIpc) is 3.65. The normalized spacial score (nSPS) is 18.1. The monoisotopic (exact) mass is 434 g/mol. The van der Waals surface area contributed by atoms with Crippen molar-refractivity contribution in [3.8, 4) is 17.6 Å². The van der Waals surface area contributed by atoms with E-state index in [2.05, 4.69) is 11.4 Å². The first-order valence-electron chi connectivity index (χ1n) is 10.7. The first kappa shape index (κ1) is 21.5. The molecule has 1 saturated carbocycles. The molecule has 2 fully saturated rings. The lowest BCUT2D eigenvalue weighted by molar-refractivity contribution is -0.121. The summed E-state index contributed by atoms with van der Waals surface area (Å²) >= 11 is 0. The molecule has 1 unspecified atom stereocenters. The minimum absolute atomic E-state index is 0.0503. The van der Waals surface area contributed by atoms with Crippen molar-refractivity contribution < 1.29 is 19.4 Å². The number of phenolic OH excluding ortho intramolecular Hbond substituents is 1. The molecule has 1 saturated heterocycles. The van der Waals surface area contributed by atoms with Gasteiger partial charge in [-0.3, -0.25) is 4.79 Å². The van der Waals surface area contributed by atoms with Crippen molar-refractivity contribution in [2.24, 2.45) is 0 Å². The van der Waals surface area contributed by atoms with E-state index >= 15 is 0 Å². The van der Waals surface area contributed by atoms with E-state index in [1.54, 1.807) is 52.3 Å². The SMILES string of the molecule is COc1cc(CN(C(=O)NC2CCCN(c3ccc(C#N)cc3)C2=O)C2CC2)ccc1O. The molecule has 1 aliphatic carbocycles. The number of nitrogens with one attached hydrogen (secondary N) is 1. The van der Waals surface area contributed by atoms with Crippen LogP contribution in [0.4, 0.5) is 10.5 Å². The molecule has 166 valence electrons. The number of carbonyl (C=O) groups is 2. The molecule has 2 N–H and O–H groups in total. The van der Waals surface area contributed by atoms with E-state index < -0.39 is 6.04 Å². The van der Waals surface area contributed by atoms with Crippen molar-refractivity contribution in [3.63, 3.8) is 0 Å². The molecule has 1 aliphatic heterocycles. The van der Waals surface area contributed by atoms with Gasteiger partial charge >= 0.3 is 6.03 Å². The van der Waals surface area contributed by atoms with E-state index in [9.17, 15) is 14.7 Å². The second-order valence-electron chi connectivity index (χ2n) is 8.16. The maximum Gasteiger partial charge on any atom is 0.318 e. The number of anilines is 1. The van der Waals surface area contributed by atoms with Gasteiger partial charge < -0.3 is 25.0 Å². The summed E-state index contributed by atoms with van der Waals surface area (Å²) < 4.78 is 5.17. The Kier molecular flexibility index (Phi) is 6.17. The van der Waals surface area contributed by atoms with E-state index in [0.717, 1.165) is 30.5 Å². The molecular weight excluding hydrogens is 408 g/mol. The van der Waals surface area contributed by atoms with Crippen molar-refractivity contribution in [2.75, 3.05) is 18.6 Å². The molecule has 0 bridgehead atoms. The van der Waals surface area contributed by atoms with Crippen LogP contribution in [0.25, 0.3) is 0 Å². The lowest BCUT2D eigenvalue weighted by atomic mass is 10.0. The molecule has 1 atom stereocenters. The highest BCUT2D eigenvalue weighted by atomic mass is 16.5. The Labute approximate surface area is 187 Å². The van der Waals surface area contributed by atoms with Gasteiger partial charge in [0.25, 0.3) is 0 Å². The molecule has 1 heterocycles. The Morgan fingerprint density at radius 3 is 2.66 bits per heavy atom. The van der Waals surface area contributed by atoms with Crippen LogP contribution in [0.15, 0.2) is 42.5 Å². The van der Waals surface area contributed by atoms with Crippen LogP contribution < -0.4 is 15.0 Å². The topological polar surface area (TPSA) is 106 Å². The van der Waals surface area contributed by atoms with Gasteiger partial charge in [0, 0.05) is 24.8 Å². The van der Waals surface area contributed by atoms with Crippen LogP contribution in [0.3, 0.4) is 0 Å². The van der Waals surface area contributed by atoms with E-state index in [0.29, 0.717) is 30.8 Å². The number of hydrogen-bond acceptors (Lipinski definition) is 5. The van der Waals surface area contributed by atoms with Gasteiger partial charge in [-0.2, -0.15) is 5.26 Å². The van der Waals surface area contributed by atoms with Gasteiger partial charge in [-0.1, -0.05) is 6.07 Å². The fourth-order valence-electron chi connectivity index (χ4n) is 3.98. The number of phenols is 1. The number of piperidine rings is 1. The number of nitriles is 1. The third-order valence-corrected chi connectivity index (χ3v) is 5.89. The highest BCUT2D eigenvalue weighted by Crippen LogP contribution is 2.31. The van der Waals surface area contributed by atoms with E-state index in [1.165, 1.54) is 7.11 Å². The summed E-state index contributed by atoms with van der Waals surface area (Å²) in [5.74, 6) is 0.268. The predicted molar refractivity (Wildman–Crippen MR) is 118 cm³/mol. The third-order valence-electron chi connectivity index (χ3n) is 5.89. The number of ether oxygens (including phenoxy) is 1. The van der Waals surface area contributed by atoms with Gasteiger partial charge in [-0.25, -0.2) is 4.79 Å². The summed E-state index contributed by atoms with van der Waals surface area (Å²) in [6.45, 7) is 0.949. The van der Waals surface area contributed by atoms with Crippen LogP contribution in [0, 0.1) is 11.3 Å². The van der Waals surface area contributed by atoms with Gasteiger partial charge in [0.15, 0.2) is 11.5 Å². The van der Waals surface area contributed by atoms with Crippen molar-refractivity contribution in [1.82, 2.24) is 10.2 Å². The highest BCUT2D eigenvalue weighted by molar-refractivity contribution is 5.99. The Balaban J connectivity index is 1.45. The van der Waals surface area contributed by atoms with Crippen molar-refractivity contribution in [2.45, 2.75) is 44.3 Å². The zero-order valence-corrected chi connectivity index (χ0v) is 18.0. The second kappa shape index (κ2) is 9.18. The molecule has 0 spiro atoms. The van der Waals surface area contributed by atoms with Gasteiger partial charge in [-0.05, 0) is 67.6 Å².